The van der Waals surface area contributed by atoms with Crippen LogP contribution in [0.1, 0.15) is 27.7 Å². The summed E-state index contributed by atoms with van der Waals surface area (Å²) in [4.78, 5) is 0. The molecule has 8 heavy (non-hydrogen) atoms. The Morgan fingerprint density at radius 2 is 1.75 bits per heavy atom. The number of hydrogen-bond acceptors (Lipinski definition) is 2. The smallest absolute Gasteiger partial charge is 0.157 e. The normalized spacial score (nSPS) is 11.0. The Hall–Kier alpha value is -0.110. The fourth-order valence-corrected chi connectivity index (χ4v) is 0.681. The third kappa shape index (κ3) is 5.89. The molecule has 0 rings (SSSR count). The molecule has 0 saturated carbocycles. The van der Waals surface area contributed by atoms with Gasteiger partial charge in [-0.15, -0.1) is 0 Å². The maximum atomic E-state index is 5.17. The van der Waals surface area contributed by atoms with Crippen LogP contribution in [0.25, 0.3) is 0 Å². The first-order valence-corrected chi connectivity index (χ1v) is 3.02. The van der Waals surface area contributed by atoms with Gasteiger partial charge in [0, 0.05) is 6.92 Å². The number of thiocarbonyl (C=S) groups is 1. The molecule has 0 aromatic rings. The summed E-state index contributed by atoms with van der Waals surface area (Å²) in [5.74, 6) is 0. The van der Waals surface area contributed by atoms with Crippen molar-refractivity contribution < 1.29 is 4.74 Å². The summed E-state index contributed by atoms with van der Waals surface area (Å²) in [6, 6.07) is 0. The van der Waals surface area contributed by atoms with Gasteiger partial charge in [-0.1, -0.05) is 0 Å². The van der Waals surface area contributed by atoms with Crippen LogP contribution in [0.3, 0.4) is 0 Å². The molecule has 0 unspecified atom stereocenters. The van der Waals surface area contributed by atoms with Gasteiger partial charge in [0.25, 0.3) is 0 Å². The highest BCUT2D eigenvalue weighted by Gasteiger charge is 2.09. The molecule has 0 aliphatic heterocycles. The minimum Gasteiger partial charge on any atom is -0.482 e. The standard InChI is InChI=1S/C6H12OS/c1-5(8)7-6(2,3)4/h1-4H3. The van der Waals surface area contributed by atoms with Crippen LogP contribution in [0.5, 0.6) is 0 Å². The molecule has 1 nitrogen and oxygen atoms in total. The van der Waals surface area contributed by atoms with Gasteiger partial charge in [-0.2, -0.15) is 0 Å². The minimum absolute atomic E-state index is 0.119. The van der Waals surface area contributed by atoms with Gasteiger partial charge in [0.2, 0.25) is 0 Å². The Balaban J connectivity index is 3.55. The van der Waals surface area contributed by atoms with E-state index in [4.69, 9.17) is 17.0 Å². The Labute approximate surface area is 56.0 Å². The number of hydrogen-bond donors (Lipinski definition) is 0. The molecular formula is C6H12OS. The molecular weight excluding hydrogens is 120 g/mol. The monoisotopic (exact) mass is 132 g/mol. The fraction of sp³-hybridized carbons (Fsp3) is 0.833. The zero-order chi connectivity index (χ0) is 6.78. The summed E-state index contributed by atoms with van der Waals surface area (Å²) < 4.78 is 5.17. The lowest BCUT2D eigenvalue weighted by molar-refractivity contribution is 0.120. The maximum Gasteiger partial charge on any atom is 0.157 e. The predicted molar refractivity (Wildman–Crippen MR) is 39.1 cm³/mol. The van der Waals surface area contributed by atoms with Crippen LogP contribution in [0.15, 0.2) is 0 Å². The van der Waals surface area contributed by atoms with E-state index >= 15 is 0 Å². The van der Waals surface area contributed by atoms with E-state index in [0.717, 1.165) is 0 Å². The molecule has 0 aromatic carbocycles. The summed E-state index contributed by atoms with van der Waals surface area (Å²) in [6.45, 7) is 7.70. The van der Waals surface area contributed by atoms with Crippen LogP contribution in [-0.2, 0) is 4.74 Å². The summed E-state index contributed by atoms with van der Waals surface area (Å²) in [5.41, 5.74) is -0.119. The quantitative estimate of drug-likeness (QED) is 0.467. The molecule has 2 heteroatoms. The Morgan fingerprint density at radius 1 is 1.38 bits per heavy atom. The molecule has 0 N–H and O–H groups in total. The first-order chi connectivity index (χ1) is 3.42. The van der Waals surface area contributed by atoms with Crippen molar-refractivity contribution >= 4 is 17.3 Å². The first kappa shape index (κ1) is 7.89. The summed E-state index contributed by atoms with van der Waals surface area (Å²) >= 11 is 4.72. The first-order valence-electron chi connectivity index (χ1n) is 2.61. The molecule has 0 fully saturated rings. The van der Waals surface area contributed by atoms with Gasteiger partial charge in [0.1, 0.15) is 5.60 Å². The van der Waals surface area contributed by atoms with E-state index < -0.39 is 0 Å². The fourth-order valence-electron chi connectivity index (χ4n) is 0.431. The van der Waals surface area contributed by atoms with Crippen LogP contribution >= 0.6 is 12.2 Å². The minimum atomic E-state index is -0.119. The highest BCUT2D eigenvalue weighted by atomic mass is 32.1. The van der Waals surface area contributed by atoms with E-state index in [-0.39, 0.29) is 5.60 Å². The number of rotatable bonds is 0. The maximum absolute atomic E-state index is 5.17. The van der Waals surface area contributed by atoms with Gasteiger partial charge in [0.05, 0.1) is 0 Å². The highest BCUT2D eigenvalue weighted by Crippen LogP contribution is 2.06. The third-order valence-corrected chi connectivity index (χ3v) is 0.533. The van der Waals surface area contributed by atoms with Crippen molar-refractivity contribution in [1.82, 2.24) is 0 Å². The highest BCUT2D eigenvalue weighted by molar-refractivity contribution is 7.80. The summed E-state index contributed by atoms with van der Waals surface area (Å²) in [5, 5.41) is 0.609. The second-order valence-electron chi connectivity index (χ2n) is 2.71. The van der Waals surface area contributed by atoms with E-state index in [0.29, 0.717) is 5.05 Å². The molecule has 0 aliphatic carbocycles. The van der Waals surface area contributed by atoms with Crippen molar-refractivity contribution in [2.24, 2.45) is 0 Å². The van der Waals surface area contributed by atoms with Gasteiger partial charge in [-0.25, -0.2) is 0 Å². The van der Waals surface area contributed by atoms with E-state index in [9.17, 15) is 0 Å². The van der Waals surface area contributed by atoms with Gasteiger partial charge in [0.15, 0.2) is 5.05 Å². The van der Waals surface area contributed by atoms with Crippen LogP contribution in [-0.4, -0.2) is 10.7 Å². The molecule has 0 spiro atoms. The summed E-state index contributed by atoms with van der Waals surface area (Å²) in [6.07, 6.45) is 0. The third-order valence-electron chi connectivity index (χ3n) is 0.450. The molecule has 0 aliphatic rings. The molecule has 0 heterocycles. The largest absolute Gasteiger partial charge is 0.482 e. The lowest BCUT2D eigenvalue weighted by Crippen LogP contribution is -2.20. The summed E-state index contributed by atoms with van der Waals surface area (Å²) in [7, 11) is 0. The second kappa shape index (κ2) is 2.44. The van der Waals surface area contributed by atoms with Crippen molar-refractivity contribution in [3.63, 3.8) is 0 Å². The molecule has 0 amide bonds. The van der Waals surface area contributed by atoms with Gasteiger partial charge in [-0.05, 0) is 33.0 Å². The zero-order valence-electron chi connectivity index (χ0n) is 5.82. The second-order valence-corrected chi connectivity index (χ2v) is 3.28. The van der Waals surface area contributed by atoms with E-state index in [1.54, 1.807) is 6.92 Å². The molecule has 0 aromatic heterocycles. The van der Waals surface area contributed by atoms with Crippen LogP contribution in [0.2, 0.25) is 0 Å². The number of ether oxygens (including phenoxy) is 1. The van der Waals surface area contributed by atoms with Crippen LogP contribution < -0.4 is 0 Å². The van der Waals surface area contributed by atoms with E-state index in [1.807, 2.05) is 20.8 Å². The zero-order valence-corrected chi connectivity index (χ0v) is 6.63. The average molecular weight is 132 g/mol. The van der Waals surface area contributed by atoms with Crippen molar-refractivity contribution in [2.75, 3.05) is 0 Å². The lowest BCUT2D eigenvalue weighted by Gasteiger charge is -2.19. The van der Waals surface area contributed by atoms with Crippen molar-refractivity contribution in [1.29, 1.82) is 0 Å². The van der Waals surface area contributed by atoms with Crippen molar-refractivity contribution in [3.8, 4) is 0 Å². The lowest BCUT2D eigenvalue weighted by atomic mass is 10.2. The SMILES string of the molecule is CC(=S)OC(C)(C)C. The van der Waals surface area contributed by atoms with Gasteiger partial charge < -0.3 is 4.74 Å². The predicted octanol–water partition coefficient (Wildman–Crippen LogP) is 2.15. The molecule has 0 atom stereocenters. The Kier molecular flexibility index (Phi) is 2.41. The van der Waals surface area contributed by atoms with Gasteiger partial charge >= 0.3 is 0 Å². The molecule has 48 valence electrons. The van der Waals surface area contributed by atoms with E-state index in [2.05, 4.69) is 0 Å². The van der Waals surface area contributed by atoms with Gasteiger partial charge in [-0.3, -0.25) is 0 Å². The molecule has 0 bridgehead atoms. The topological polar surface area (TPSA) is 9.23 Å². The Morgan fingerprint density at radius 3 is 1.75 bits per heavy atom. The van der Waals surface area contributed by atoms with Crippen LogP contribution in [0, 0.1) is 0 Å². The van der Waals surface area contributed by atoms with Crippen molar-refractivity contribution in [3.05, 3.63) is 0 Å². The van der Waals surface area contributed by atoms with Crippen molar-refractivity contribution in [2.45, 2.75) is 33.3 Å². The molecule has 0 radical (unpaired) electrons. The van der Waals surface area contributed by atoms with Crippen LogP contribution in [0.4, 0.5) is 0 Å². The molecule has 0 saturated heterocycles. The average Bonchev–Trinajstić information content (AvgIpc) is 1.21. The Bertz CT molecular complexity index is 91.2. The van der Waals surface area contributed by atoms with E-state index in [1.165, 1.54) is 0 Å².